The first-order chi connectivity index (χ1) is 8.54. The number of nitrogens with zero attached hydrogens (tertiary/aromatic N) is 4. The van der Waals surface area contributed by atoms with Crippen molar-refractivity contribution in [2.45, 2.75) is 12.0 Å². The van der Waals surface area contributed by atoms with E-state index in [-0.39, 0.29) is 12.0 Å². The Hall–Kier alpha value is -1.34. The molecular weight excluding hydrogens is 260 g/mol. The molecule has 2 heterocycles. The lowest BCUT2D eigenvalue weighted by Crippen LogP contribution is -2.47. The molecule has 1 unspecified atom stereocenters. The van der Waals surface area contributed by atoms with Crippen LogP contribution in [-0.4, -0.2) is 53.9 Å². The lowest BCUT2D eigenvalue weighted by atomic mass is 10.3. The van der Waals surface area contributed by atoms with Crippen LogP contribution >= 0.6 is 11.6 Å². The van der Waals surface area contributed by atoms with E-state index in [0.717, 1.165) is 0 Å². The van der Waals surface area contributed by atoms with E-state index in [1.807, 2.05) is 4.90 Å². The van der Waals surface area contributed by atoms with Crippen molar-refractivity contribution < 1.29 is 14.2 Å². The van der Waals surface area contributed by atoms with E-state index in [2.05, 4.69) is 15.0 Å². The normalized spacial score (nSPS) is 23.9. The highest BCUT2D eigenvalue weighted by molar-refractivity contribution is 6.23. The standard InChI is InChI=1S/C10H15ClN4O3/c1-10(11)6-15(4-5-18-10)7-12-8(16-2)14-9(13-7)17-3/h4-6H2,1-3H3. The summed E-state index contributed by atoms with van der Waals surface area (Å²) in [4.78, 5) is 14.2. The molecule has 1 saturated heterocycles. The molecule has 1 aliphatic heterocycles. The van der Waals surface area contributed by atoms with E-state index >= 15 is 0 Å². The lowest BCUT2D eigenvalue weighted by molar-refractivity contribution is 0.0200. The van der Waals surface area contributed by atoms with Crippen LogP contribution in [0.5, 0.6) is 12.0 Å². The summed E-state index contributed by atoms with van der Waals surface area (Å²) in [7, 11) is 2.98. The number of hydrogen-bond donors (Lipinski definition) is 0. The first-order valence-electron chi connectivity index (χ1n) is 5.46. The zero-order chi connectivity index (χ0) is 13.2. The van der Waals surface area contributed by atoms with Gasteiger partial charge in [-0.15, -0.1) is 4.98 Å². The largest absolute Gasteiger partial charge is 0.467 e. The molecule has 0 aliphatic carbocycles. The molecular formula is C10H15ClN4O3. The maximum absolute atomic E-state index is 6.17. The predicted molar refractivity (Wildman–Crippen MR) is 65.4 cm³/mol. The average Bonchev–Trinajstić information content (AvgIpc) is 2.37. The molecule has 0 spiro atoms. The number of hydrogen-bond acceptors (Lipinski definition) is 7. The molecule has 1 aromatic rings. The van der Waals surface area contributed by atoms with Crippen LogP contribution in [0.2, 0.25) is 0 Å². The van der Waals surface area contributed by atoms with Crippen molar-refractivity contribution in [3.05, 3.63) is 0 Å². The van der Waals surface area contributed by atoms with Gasteiger partial charge in [-0.2, -0.15) is 9.97 Å². The van der Waals surface area contributed by atoms with Crippen molar-refractivity contribution in [2.75, 3.05) is 38.8 Å². The van der Waals surface area contributed by atoms with E-state index in [1.165, 1.54) is 14.2 Å². The summed E-state index contributed by atoms with van der Waals surface area (Å²) >= 11 is 6.17. The number of anilines is 1. The summed E-state index contributed by atoms with van der Waals surface area (Å²) in [6.45, 7) is 3.44. The molecule has 100 valence electrons. The smallest absolute Gasteiger partial charge is 0.324 e. The number of ether oxygens (including phenoxy) is 3. The molecule has 1 aromatic heterocycles. The van der Waals surface area contributed by atoms with Gasteiger partial charge in [0, 0.05) is 6.54 Å². The molecule has 0 saturated carbocycles. The van der Waals surface area contributed by atoms with Crippen LogP contribution < -0.4 is 14.4 Å². The molecule has 1 aliphatic rings. The topological polar surface area (TPSA) is 69.6 Å². The molecule has 0 N–H and O–H groups in total. The summed E-state index contributed by atoms with van der Waals surface area (Å²) in [6, 6.07) is 0.416. The van der Waals surface area contributed by atoms with Crippen LogP contribution in [0, 0.1) is 0 Å². The van der Waals surface area contributed by atoms with Crippen molar-refractivity contribution in [1.29, 1.82) is 0 Å². The minimum Gasteiger partial charge on any atom is -0.467 e. The van der Waals surface area contributed by atoms with E-state index < -0.39 is 5.06 Å². The van der Waals surface area contributed by atoms with Crippen molar-refractivity contribution in [1.82, 2.24) is 15.0 Å². The molecule has 2 rings (SSSR count). The van der Waals surface area contributed by atoms with Gasteiger partial charge in [-0.05, 0) is 6.92 Å². The van der Waals surface area contributed by atoms with Crippen LogP contribution in [0.3, 0.4) is 0 Å². The van der Waals surface area contributed by atoms with E-state index in [9.17, 15) is 0 Å². The first-order valence-corrected chi connectivity index (χ1v) is 5.84. The maximum Gasteiger partial charge on any atom is 0.324 e. The third kappa shape index (κ3) is 2.91. The van der Waals surface area contributed by atoms with Gasteiger partial charge in [-0.25, -0.2) is 0 Å². The average molecular weight is 275 g/mol. The molecule has 7 nitrogen and oxygen atoms in total. The van der Waals surface area contributed by atoms with Gasteiger partial charge < -0.3 is 19.1 Å². The van der Waals surface area contributed by atoms with Gasteiger partial charge in [0.15, 0.2) is 5.06 Å². The van der Waals surface area contributed by atoms with Gasteiger partial charge in [-0.1, -0.05) is 11.6 Å². The van der Waals surface area contributed by atoms with Crippen LogP contribution in [0.25, 0.3) is 0 Å². The van der Waals surface area contributed by atoms with E-state index in [0.29, 0.717) is 25.6 Å². The van der Waals surface area contributed by atoms with Crippen LogP contribution in [0.1, 0.15) is 6.92 Å². The Kier molecular flexibility index (Phi) is 3.72. The fourth-order valence-corrected chi connectivity index (χ4v) is 1.88. The van der Waals surface area contributed by atoms with Gasteiger partial charge >= 0.3 is 12.0 Å². The number of rotatable bonds is 3. The van der Waals surface area contributed by atoms with E-state index in [4.69, 9.17) is 25.8 Å². The SMILES string of the molecule is COc1nc(OC)nc(N2CCOC(C)(Cl)C2)n1. The highest BCUT2D eigenvalue weighted by Gasteiger charge is 2.31. The summed E-state index contributed by atoms with van der Waals surface area (Å²) in [5.74, 6) is 0.467. The fraction of sp³-hybridized carbons (Fsp3) is 0.700. The van der Waals surface area contributed by atoms with E-state index in [1.54, 1.807) is 6.92 Å². The van der Waals surface area contributed by atoms with Crippen molar-refractivity contribution in [2.24, 2.45) is 0 Å². The molecule has 1 atom stereocenters. The number of aromatic nitrogens is 3. The Balaban J connectivity index is 2.26. The van der Waals surface area contributed by atoms with Crippen LogP contribution in [0.15, 0.2) is 0 Å². The summed E-state index contributed by atoms with van der Waals surface area (Å²) in [6.07, 6.45) is 0. The minimum atomic E-state index is -0.745. The van der Waals surface area contributed by atoms with Gasteiger partial charge in [-0.3, -0.25) is 0 Å². The Morgan fingerprint density at radius 3 is 2.33 bits per heavy atom. The number of methoxy groups -OCH3 is 2. The quantitative estimate of drug-likeness (QED) is 0.751. The Labute approximate surface area is 110 Å². The van der Waals surface area contributed by atoms with Crippen molar-refractivity contribution >= 4 is 17.5 Å². The van der Waals surface area contributed by atoms with Crippen LogP contribution in [-0.2, 0) is 4.74 Å². The molecule has 0 amide bonds. The van der Waals surface area contributed by atoms with Gasteiger partial charge in [0.25, 0.3) is 0 Å². The fourth-order valence-electron chi connectivity index (χ4n) is 1.66. The number of halogens is 1. The Morgan fingerprint density at radius 1 is 1.22 bits per heavy atom. The minimum absolute atomic E-state index is 0.208. The highest BCUT2D eigenvalue weighted by atomic mass is 35.5. The molecule has 8 heteroatoms. The zero-order valence-corrected chi connectivity index (χ0v) is 11.3. The Morgan fingerprint density at radius 2 is 1.83 bits per heavy atom. The third-order valence-electron chi connectivity index (χ3n) is 2.47. The third-order valence-corrected chi connectivity index (χ3v) is 2.70. The second-order valence-corrected chi connectivity index (χ2v) is 4.78. The number of morpholine rings is 1. The number of alkyl halides is 1. The van der Waals surface area contributed by atoms with Crippen molar-refractivity contribution in [3.8, 4) is 12.0 Å². The molecule has 0 radical (unpaired) electrons. The highest BCUT2D eigenvalue weighted by Crippen LogP contribution is 2.25. The molecule has 1 fully saturated rings. The summed E-state index contributed by atoms with van der Waals surface area (Å²) < 4.78 is 15.4. The molecule has 0 aromatic carbocycles. The van der Waals surface area contributed by atoms with Crippen molar-refractivity contribution in [3.63, 3.8) is 0 Å². The second-order valence-electron chi connectivity index (χ2n) is 3.98. The van der Waals surface area contributed by atoms with Crippen LogP contribution in [0.4, 0.5) is 5.95 Å². The monoisotopic (exact) mass is 274 g/mol. The summed E-state index contributed by atoms with van der Waals surface area (Å²) in [5.41, 5.74) is 0. The second kappa shape index (κ2) is 5.11. The lowest BCUT2D eigenvalue weighted by Gasteiger charge is -2.36. The van der Waals surface area contributed by atoms with Gasteiger partial charge in [0.05, 0.1) is 27.4 Å². The predicted octanol–water partition coefficient (Wildman–Crippen LogP) is 0.680. The van der Waals surface area contributed by atoms with Gasteiger partial charge in [0.2, 0.25) is 5.95 Å². The van der Waals surface area contributed by atoms with Gasteiger partial charge in [0.1, 0.15) is 0 Å². The Bertz CT molecular complexity index is 407. The summed E-state index contributed by atoms with van der Waals surface area (Å²) in [5, 5.41) is -0.745. The first kappa shape index (κ1) is 13.1. The maximum atomic E-state index is 6.17. The molecule has 0 bridgehead atoms. The molecule has 18 heavy (non-hydrogen) atoms. The zero-order valence-electron chi connectivity index (χ0n) is 10.5.